The number of phosphoric acid groups is 1. The van der Waals surface area contributed by atoms with Gasteiger partial charge in [0.05, 0.1) is 0 Å². The fourth-order valence-corrected chi connectivity index (χ4v) is 1.22. The average Bonchev–Trinajstić information content (AvgIpc) is 2.03. The molecule has 0 aliphatic carbocycles. The summed E-state index contributed by atoms with van der Waals surface area (Å²) in [7, 11) is -4.44. The van der Waals surface area contributed by atoms with Crippen molar-refractivity contribution >= 4 is 37.4 Å². The molecule has 74 valence electrons. The fraction of sp³-hybridized carbons (Fsp3) is 0.143. The van der Waals surface area contributed by atoms with Gasteiger partial charge in [0.2, 0.25) is 0 Å². The van der Waals surface area contributed by atoms with Gasteiger partial charge in [-0.15, -0.1) is 0 Å². The number of hydrogen-bond acceptors (Lipinski definition) is 3. The Morgan fingerprint density at radius 2 is 1.79 bits per heavy atom. The van der Waals surface area contributed by atoms with E-state index in [-0.39, 0.29) is 35.3 Å². The predicted molar refractivity (Wildman–Crippen MR) is 54.2 cm³/mol. The van der Waals surface area contributed by atoms with Crippen molar-refractivity contribution in [1.29, 1.82) is 0 Å². The molecule has 5 nitrogen and oxygen atoms in total. The first-order valence-corrected chi connectivity index (χ1v) is 5.08. The van der Waals surface area contributed by atoms with E-state index in [1.807, 2.05) is 0 Å². The number of nitrogens with two attached hydrogens (primary N) is 1. The molecule has 0 saturated carbocycles. The summed E-state index contributed by atoms with van der Waals surface area (Å²) >= 11 is 0. The van der Waals surface area contributed by atoms with E-state index in [9.17, 15) is 4.57 Å². The zero-order valence-electron chi connectivity index (χ0n) is 6.75. The van der Waals surface area contributed by atoms with Gasteiger partial charge in [-0.25, -0.2) is 4.57 Å². The Hall–Kier alpha value is 0.130. The van der Waals surface area contributed by atoms with E-state index in [0.717, 1.165) is 5.56 Å². The Kier molecular flexibility index (Phi) is 5.93. The summed E-state index contributed by atoms with van der Waals surface area (Å²) in [6.45, 7) is 0.385. The van der Waals surface area contributed by atoms with E-state index < -0.39 is 7.82 Å². The third-order valence-electron chi connectivity index (χ3n) is 1.38. The summed E-state index contributed by atoms with van der Waals surface area (Å²) in [5.74, 6) is 0.130. The Labute approximate surface area is 104 Å². The van der Waals surface area contributed by atoms with E-state index in [4.69, 9.17) is 15.5 Å². The number of phosphoric ester groups is 1. The van der Waals surface area contributed by atoms with Gasteiger partial charge >= 0.3 is 37.4 Å². The maximum atomic E-state index is 10.4. The van der Waals surface area contributed by atoms with Crippen molar-refractivity contribution in [3.05, 3.63) is 29.8 Å². The summed E-state index contributed by atoms with van der Waals surface area (Å²) in [6, 6.07) is 6.21. The molecule has 7 heteroatoms. The predicted octanol–water partition coefficient (Wildman–Crippen LogP) is -0.0317. The Morgan fingerprint density at radius 3 is 2.14 bits per heavy atom. The molecule has 0 spiro atoms. The van der Waals surface area contributed by atoms with Gasteiger partial charge in [-0.05, 0) is 17.7 Å². The van der Waals surface area contributed by atoms with Crippen LogP contribution < -0.4 is 10.3 Å². The molecule has 0 unspecified atom stereocenters. The molecule has 1 aromatic rings. The van der Waals surface area contributed by atoms with Crippen molar-refractivity contribution in [2.24, 2.45) is 5.73 Å². The first-order valence-electron chi connectivity index (χ1n) is 3.55. The molecule has 0 aliphatic heterocycles. The molecule has 0 atom stereocenters. The van der Waals surface area contributed by atoms with Gasteiger partial charge in [-0.3, -0.25) is 9.79 Å². The zero-order chi connectivity index (χ0) is 9.90. The first kappa shape index (κ1) is 14.1. The second kappa shape index (κ2) is 5.88. The summed E-state index contributed by atoms with van der Waals surface area (Å²) in [5, 5.41) is 0. The van der Waals surface area contributed by atoms with Crippen LogP contribution in [-0.4, -0.2) is 39.3 Å². The third kappa shape index (κ3) is 5.12. The molecule has 0 aromatic heterocycles. The van der Waals surface area contributed by atoms with Crippen LogP contribution in [0, 0.1) is 0 Å². The van der Waals surface area contributed by atoms with Crippen LogP contribution in [0.4, 0.5) is 0 Å². The minimum absolute atomic E-state index is 0. The van der Waals surface area contributed by atoms with Gasteiger partial charge < -0.3 is 10.3 Å². The standard InChI is InChI=1S/C7H10NO4P.Na.H/c8-5-6-1-3-7(4-2-6)12-13(9,10)11;;/h1-4H,5,8H2,(H2,9,10,11);;. The average molecular weight is 227 g/mol. The van der Waals surface area contributed by atoms with Gasteiger partial charge in [0, 0.05) is 6.54 Å². The molecular formula is C7H11NNaO4P. The van der Waals surface area contributed by atoms with Crippen LogP contribution in [0.2, 0.25) is 0 Å². The Morgan fingerprint density at radius 1 is 1.29 bits per heavy atom. The SMILES string of the molecule is NCc1ccc(OP(=O)(O)O)cc1.[NaH]. The Balaban J connectivity index is 0.00000169. The first-order chi connectivity index (χ1) is 6.01. The molecule has 1 aromatic carbocycles. The van der Waals surface area contributed by atoms with Gasteiger partial charge in [-0.1, -0.05) is 12.1 Å². The van der Waals surface area contributed by atoms with E-state index >= 15 is 0 Å². The summed E-state index contributed by atoms with van der Waals surface area (Å²) in [4.78, 5) is 16.9. The van der Waals surface area contributed by atoms with Crippen LogP contribution in [-0.2, 0) is 11.1 Å². The zero-order valence-corrected chi connectivity index (χ0v) is 7.65. The second-order valence-electron chi connectivity index (χ2n) is 2.43. The van der Waals surface area contributed by atoms with Crippen molar-refractivity contribution in [2.75, 3.05) is 0 Å². The van der Waals surface area contributed by atoms with Gasteiger partial charge in [-0.2, -0.15) is 0 Å². The minimum atomic E-state index is -4.44. The molecule has 0 radical (unpaired) electrons. The second-order valence-corrected chi connectivity index (χ2v) is 3.59. The topological polar surface area (TPSA) is 92.8 Å². The fourth-order valence-electron chi connectivity index (χ4n) is 0.824. The quantitative estimate of drug-likeness (QED) is 0.498. The normalized spacial score (nSPS) is 10.5. The van der Waals surface area contributed by atoms with Crippen LogP contribution in [0.25, 0.3) is 0 Å². The van der Waals surface area contributed by atoms with Crippen molar-refractivity contribution in [2.45, 2.75) is 6.54 Å². The van der Waals surface area contributed by atoms with Crippen LogP contribution in [0.3, 0.4) is 0 Å². The molecule has 1 rings (SSSR count). The van der Waals surface area contributed by atoms with E-state index in [0.29, 0.717) is 6.54 Å². The molecule has 0 amide bonds. The molecule has 0 bridgehead atoms. The van der Waals surface area contributed by atoms with Crippen molar-refractivity contribution in [3.63, 3.8) is 0 Å². The van der Waals surface area contributed by atoms with Gasteiger partial charge in [0.1, 0.15) is 5.75 Å². The van der Waals surface area contributed by atoms with E-state index in [1.54, 1.807) is 12.1 Å². The number of rotatable bonds is 3. The van der Waals surface area contributed by atoms with Gasteiger partial charge in [0.15, 0.2) is 0 Å². The third-order valence-corrected chi connectivity index (χ3v) is 1.83. The monoisotopic (exact) mass is 227 g/mol. The van der Waals surface area contributed by atoms with Crippen LogP contribution in [0.15, 0.2) is 24.3 Å². The number of hydrogen-bond donors (Lipinski definition) is 3. The van der Waals surface area contributed by atoms with Crippen LogP contribution in [0.5, 0.6) is 5.75 Å². The van der Waals surface area contributed by atoms with E-state index in [2.05, 4.69) is 4.52 Å². The summed E-state index contributed by atoms with van der Waals surface area (Å²) < 4.78 is 14.7. The van der Waals surface area contributed by atoms with Crippen LogP contribution in [0.1, 0.15) is 5.56 Å². The van der Waals surface area contributed by atoms with Crippen molar-refractivity contribution < 1.29 is 18.9 Å². The molecule has 0 aliphatic rings. The van der Waals surface area contributed by atoms with Crippen LogP contribution >= 0.6 is 7.82 Å². The van der Waals surface area contributed by atoms with Crippen molar-refractivity contribution in [3.8, 4) is 5.75 Å². The molecule has 0 fully saturated rings. The van der Waals surface area contributed by atoms with Crippen molar-refractivity contribution in [1.82, 2.24) is 0 Å². The Bertz CT molecular complexity index is 323. The molecule has 0 heterocycles. The molecule has 14 heavy (non-hydrogen) atoms. The maximum absolute atomic E-state index is 10.4. The molecule has 4 N–H and O–H groups in total. The summed E-state index contributed by atoms with van der Waals surface area (Å²) in [5.41, 5.74) is 6.21. The van der Waals surface area contributed by atoms with Gasteiger partial charge in [0.25, 0.3) is 0 Å². The molecular weight excluding hydrogens is 216 g/mol. The van der Waals surface area contributed by atoms with E-state index in [1.165, 1.54) is 12.1 Å². The number of benzene rings is 1. The summed E-state index contributed by atoms with van der Waals surface area (Å²) in [6.07, 6.45) is 0. The molecule has 0 saturated heterocycles.